The summed E-state index contributed by atoms with van der Waals surface area (Å²) in [5.74, 6) is -0.0926. The molecule has 4 heteroatoms. The van der Waals surface area contributed by atoms with Gasteiger partial charge in [-0.1, -0.05) is 19.1 Å². The number of nitriles is 1. The first-order valence-electron chi connectivity index (χ1n) is 5.63. The first-order chi connectivity index (χ1) is 8.22. The van der Waals surface area contributed by atoms with Crippen molar-refractivity contribution in [2.24, 2.45) is 0 Å². The van der Waals surface area contributed by atoms with E-state index in [1.54, 1.807) is 18.2 Å². The molecule has 0 fully saturated rings. The lowest BCUT2D eigenvalue weighted by Gasteiger charge is -2.18. The molecule has 0 spiro atoms. The highest BCUT2D eigenvalue weighted by Gasteiger charge is 2.11. The molecule has 1 aromatic carbocycles. The second-order valence-corrected chi connectivity index (χ2v) is 3.80. The number of ether oxygens (including phenoxy) is 1. The van der Waals surface area contributed by atoms with E-state index in [0.29, 0.717) is 18.7 Å². The minimum absolute atomic E-state index is 0.246. The zero-order valence-corrected chi connectivity index (χ0v) is 10.2. The minimum Gasteiger partial charge on any atom is -0.494 e. The highest BCUT2D eigenvalue weighted by Crippen LogP contribution is 2.21. The maximum atomic E-state index is 13.9. The summed E-state index contributed by atoms with van der Waals surface area (Å²) in [4.78, 5) is 1.91. The van der Waals surface area contributed by atoms with E-state index in [1.807, 2.05) is 11.8 Å². The van der Waals surface area contributed by atoms with Gasteiger partial charge in [0.05, 0.1) is 19.7 Å². The van der Waals surface area contributed by atoms with Crippen molar-refractivity contribution in [3.8, 4) is 11.8 Å². The van der Waals surface area contributed by atoms with Gasteiger partial charge in [0.25, 0.3) is 0 Å². The fourth-order valence-corrected chi connectivity index (χ4v) is 1.71. The van der Waals surface area contributed by atoms with Gasteiger partial charge < -0.3 is 4.74 Å². The quantitative estimate of drug-likeness (QED) is 0.712. The number of methoxy groups -OCH3 is 1. The van der Waals surface area contributed by atoms with E-state index in [-0.39, 0.29) is 11.6 Å². The van der Waals surface area contributed by atoms with Crippen molar-refractivity contribution in [3.05, 3.63) is 29.6 Å². The van der Waals surface area contributed by atoms with Crippen LogP contribution in [0.2, 0.25) is 0 Å². The van der Waals surface area contributed by atoms with Gasteiger partial charge in [0, 0.05) is 12.1 Å². The third kappa shape index (κ3) is 3.72. The van der Waals surface area contributed by atoms with Crippen LogP contribution in [0.15, 0.2) is 18.2 Å². The fourth-order valence-electron chi connectivity index (χ4n) is 1.71. The summed E-state index contributed by atoms with van der Waals surface area (Å²) in [6.07, 6.45) is 0.938. The van der Waals surface area contributed by atoms with E-state index >= 15 is 0 Å². The van der Waals surface area contributed by atoms with Crippen molar-refractivity contribution in [3.63, 3.8) is 0 Å². The molecule has 1 aromatic rings. The lowest BCUT2D eigenvalue weighted by atomic mass is 10.2. The smallest absolute Gasteiger partial charge is 0.169 e. The van der Waals surface area contributed by atoms with Crippen molar-refractivity contribution in [2.75, 3.05) is 20.2 Å². The second kappa shape index (κ2) is 6.87. The molecule has 0 aliphatic rings. The second-order valence-electron chi connectivity index (χ2n) is 3.80. The van der Waals surface area contributed by atoms with Gasteiger partial charge in [0.15, 0.2) is 11.6 Å². The molecule has 3 nitrogen and oxygen atoms in total. The molecule has 0 radical (unpaired) electrons. The maximum Gasteiger partial charge on any atom is 0.169 e. The summed E-state index contributed by atoms with van der Waals surface area (Å²) in [6, 6.07) is 7.16. The van der Waals surface area contributed by atoms with Crippen LogP contribution in [0.25, 0.3) is 0 Å². The van der Waals surface area contributed by atoms with E-state index in [0.717, 1.165) is 13.0 Å². The van der Waals surface area contributed by atoms with Crippen LogP contribution < -0.4 is 4.74 Å². The Morgan fingerprint density at radius 3 is 2.82 bits per heavy atom. The average molecular weight is 236 g/mol. The molecule has 0 aliphatic heterocycles. The van der Waals surface area contributed by atoms with Crippen molar-refractivity contribution in [1.82, 2.24) is 4.90 Å². The van der Waals surface area contributed by atoms with E-state index < -0.39 is 0 Å². The molecule has 0 unspecified atom stereocenters. The molecule has 0 amide bonds. The maximum absolute atomic E-state index is 13.9. The SMILES string of the molecule is CCCN(CC#N)Cc1cccc(OC)c1F. The van der Waals surface area contributed by atoms with Crippen LogP contribution in [0.1, 0.15) is 18.9 Å². The predicted molar refractivity (Wildman–Crippen MR) is 64.1 cm³/mol. The summed E-state index contributed by atoms with van der Waals surface area (Å²) >= 11 is 0. The lowest BCUT2D eigenvalue weighted by Crippen LogP contribution is -2.25. The van der Waals surface area contributed by atoms with Gasteiger partial charge in [-0.3, -0.25) is 4.90 Å². The molecule has 1 rings (SSSR count). The van der Waals surface area contributed by atoms with Gasteiger partial charge in [0.1, 0.15) is 0 Å². The number of rotatable bonds is 6. The van der Waals surface area contributed by atoms with Crippen molar-refractivity contribution < 1.29 is 9.13 Å². The van der Waals surface area contributed by atoms with Crippen LogP contribution in [-0.4, -0.2) is 25.1 Å². The molecule has 0 heterocycles. The van der Waals surface area contributed by atoms with E-state index in [2.05, 4.69) is 6.07 Å². The summed E-state index contributed by atoms with van der Waals surface area (Å²) in [5, 5.41) is 8.70. The Morgan fingerprint density at radius 1 is 1.47 bits per heavy atom. The standard InChI is InChI=1S/C13H17FN2O/c1-3-8-16(9-7-15)10-11-5-4-6-12(17-2)13(11)14/h4-6H,3,8-10H2,1-2H3. The number of nitrogens with zero attached hydrogens (tertiary/aromatic N) is 2. The average Bonchev–Trinajstić information content (AvgIpc) is 2.32. The van der Waals surface area contributed by atoms with E-state index in [9.17, 15) is 4.39 Å². The molecule has 0 bridgehead atoms. The van der Waals surface area contributed by atoms with Crippen LogP contribution in [-0.2, 0) is 6.54 Å². The molecular weight excluding hydrogens is 219 g/mol. The molecule has 0 N–H and O–H groups in total. The molecule has 0 atom stereocenters. The third-order valence-corrected chi connectivity index (χ3v) is 2.49. The largest absolute Gasteiger partial charge is 0.494 e. The van der Waals surface area contributed by atoms with Crippen molar-refractivity contribution in [2.45, 2.75) is 19.9 Å². The highest BCUT2D eigenvalue weighted by molar-refractivity contribution is 5.31. The Hall–Kier alpha value is -1.60. The van der Waals surface area contributed by atoms with Crippen LogP contribution in [0, 0.1) is 17.1 Å². The van der Waals surface area contributed by atoms with Crippen LogP contribution in [0.5, 0.6) is 5.75 Å². The number of halogens is 1. The molecule has 92 valence electrons. The zero-order chi connectivity index (χ0) is 12.7. The van der Waals surface area contributed by atoms with Crippen molar-refractivity contribution in [1.29, 1.82) is 5.26 Å². The molecule has 0 aliphatic carbocycles. The van der Waals surface area contributed by atoms with Gasteiger partial charge >= 0.3 is 0 Å². The van der Waals surface area contributed by atoms with Gasteiger partial charge in [-0.2, -0.15) is 5.26 Å². The Kier molecular flexibility index (Phi) is 5.44. The molecule has 17 heavy (non-hydrogen) atoms. The van der Waals surface area contributed by atoms with Crippen LogP contribution in [0.3, 0.4) is 0 Å². The summed E-state index contributed by atoms with van der Waals surface area (Å²) in [5.41, 5.74) is 0.563. The fraction of sp³-hybridized carbons (Fsp3) is 0.462. The summed E-state index contributed by atoms with van der Waals surface area (Å²) in [6.45, 7) is 3.56. The predicted octanol–water partition coefficient (Wildman–Crippen LogP) is 2.57. The van der Waals surface area contributed by atoms with Crippen molar-refractivity contribution >= 4 is 0 Å². The summed E-state index contributed by atoms with van der Waals surface area (Å²) in [7, 11) is 1.45. The number of hydrogen-bond acceptors (Lipinski definition) is 3. The van der Waals surface area contributed by atoms with Gasteiger partial charge in [-0.05, 0) is 19.0 Å². The van der Waals surface area contributed by atoms with Gasteiger partial charge in [0.2, 0.25) is 0 Å². The monoisotopic (exact) mass is 236 g/mol. The molecule has 0 aromatic heterocycles. The molecule has 0 saturated heterocycles. The van der Waals surface area contributed by atoms with Crippen LogP contribution in [0.4, 0.5) is 4.39 Å². The first kappa shape index (κ1) is 13.5. The lowest BCUT2D eigenvalue weighted by molar-refractivity contribution is 0.291. The minimum atomic E-state index is -0.339. The Balaban J connectivity index is 2.82. The number of benzene rings is 1. The summed E-state index contributed by atoms with van der Waals surface area (Å²) < 4.78 is 18.8. The normalized spacial score (nSPS) is 10.3. The van der Waals surface area contributed by atoms with Gasteiger partial charge in [-0.15, -0.1) is 0 Å². The van der Waals surface area contributed by atoms with E-state index in [1.165, 1.54) is 7.11 Å². The first-order valence-corrected chi connectivity index (χ1v) is 5.63. The molecule has 0 saturated carbocycles. The Bertz CT molecular complexity index is 401. The zero-order valence-electron chi connectivity index (χ0n) is 10.2. The third-order valence-electron chi connectivity index (χ3n) is 2.49. The molecular formula is C13H17FN2O. The van der Waals surface area contributed by atoms with Gasteiger partial charge in [-0.25, -0.2) is 4.39 Å². The Morgan fingerprint density at radius 2 is 2.24 bits per heavy atom. The highest BCUT2D eigenvalue weighted by atomic mass is 19.1. The Labute approximate surface area is 101 Å². The topological polar surface area (TPSA) is 36.3 Å². The van der Waals surface area contributed by atoms with Crippen LogP contribution >= 0.6 is 0 Å². The number of hydrogen-bond donors (Lipinski definition) is 0. The van der Waals surface area contributed by atoms with E-state index in [4.69, 9.17) is 10.00 Å².